The lowest BCUT2D eigenvalue weighted by molar-refractivity contribution is -0.141. The maximum Gasteiger partial charge on any atom is 0.410 e. The highest BCUT2D eigenvalue weighted by molar-refractivity contribution is 5.69. The number of amides is 1. The lowest BCUT2D eigenvalue weighted by Gasteiger charge is -2.38. The van der Waals surface area contributed by atoms with Gasteiger partial charge in [0.25, 0.3) is 6.47 Å². The van der Waals surface area contributed by atoms with Crippen LogP contribution in [0.2, 0.25) is 0 Å². The Bertz CT molecular complexity index is 227. The van der Waals surface area contributed by atoms with Crippen molar-refractivity contribution in [3.63, 3.8) is 0 Å². The zero-order chi connectivity index (χ0) is 10.8. The average molecular weight is 201 g/mol. The highest BCUT2D eigenvalue weighted by atomic mass is 16.6. The van der Waals surface area contributed by atoms with Gasteiger partial charge in [-0.15, -0.1) is 0 Å². The first-order chi connectivity index (χ1) is 6.42. The van der Waals surface area contributed by atoms with Gasteiger partial charge < -0.3 is 14.4 Å². The third kappa shape index (κ3) is 2.90. The Morgan fingerprint density at radius 1 is 1.43 bits per heavy atom. The van der Waals surface area contributed by atoms with E-state index >= 15 is 0 Å². The van der Waals surface area contributed by atoms with Crippen LogP contribution in [0.4, 0.5) is 4.79 Å². The number of hydrogen-bond donors (Lipinski definition) is 0. The molecule has 0 bridgehead atoms. The molecule has 1 saturated heterocycles. The van der Waals surface area contributed by atoms with E-state index in [1.807, 2.05) is 20.8 Å². The molecule has 5 heteroatoms. The Kier molecular flexibility index (Phi) is 2.98. The summed E-state index contributed by atoms with van der Waals surface area (Å²) in [6.45, 7) is 6.68. The molecule has 1 amide bonds. The highest BCUT2D eigenvalue weighted by Crippen LogP contribution is 2.16. The molecular formula is C9H15NO4. The van der Waals surface area contributed by atoms with Crippen LogP contribution in [0.1, 0.15) is 20.8 Å². The van der Waals surface area contributed by atoms with Gasteiger partial charge in [-0.1, -0.05) is 0 Å². The van der Waals surface area contributed by atoms with E-state index in [9.17, 15) is 9.59 Å². The zero-order valence-electron chi connectivity index (χ0n) is 8.65. The molecule has 0 atom stereocenters. The first-order valence-electron chi connectivity index (χ1n) is 4.49. The molecule has 0 N–H and O–H groups in total. The van der Waals surface area contributed by atoms with Gasteiger partial charge in [0.05, 0.1) is 13.1 Å². The van der Waals surface area contributed by atoms with Crippen molar-refractivity contribution in [2.75, 3.05) is 13.1 Å². The fourth-order valence-corrected chi connectivity index (χ4v) is 1.08. The van der Waals surface area contributed by atoms with Crippen LogP contribution in [-0.4, -0.2) is 42.3 Å². The smallest absolute Gasteiger partial charge is 0.410 e. The van der Waals surface area contributed by atoms with Crippen LogP contribution in [0, 0.1) is 0 Å². The predicted octanol–water partition coefficient (Wildman–Crippen LogP) is 0.779. The lowest BCUT2D eigenvalue weighted by Crippen LogP contribution is -2.55. The summed E-state index contributed by atoms with van der Waals surface area (Å²) in [5.41, 5.74) is -0.478. The summed E-state index contributed by atoms with van der Waals surface area (Å²) in [6.07, 6.45) is -0.525. The van der Waals surface area contributed by atoms with E-state index in [-0.39, 0.29) is 12.2 Å². The van der Waals surface area contributed by atoms with Crippen LogP contribution < -0.4 is 0 Å². The highest BCUT2D eigenvalue weighted by Gasteiger charge is 2.34. The van der Waals surface area contributed by atoms with E-state index in [1.165, 1.54) is 4.90 Å². The maximum absolute atomic E-state index is 11.4. The van der Waals surface area contributed by atoms with Crippen molar-refractivity contribution in [2.45, 2.75) is 32.5 Å². The molecular weight excluding hydrogens is 186 g/mol. The van der Waals surface area contributed by atoms with Gasteiger partial charge in [-0.2, -0.15) is 0 Å². The van der Waals surface area contributed by atoms with Crippen molar-refractivity contribution in [1.29, 1.82) is 0 Å². The van der Waals surface area contributed by atoms with Gasteiger partial charge in [0, 0.05) is 0 Å². The van der Waals surface area contributed by atoms with E-state index in [0.29, 0.717) is 19.6 Å². The molecule has 0 aromatic carbocycles. The number of carbonyl (C=O) groups is 2. The Morgan fingerprint density at radius 3 is 2.43 bits per heavy atom. The Labute approximate surface area is 83.0 Å². The second-order valence-electron chi connectivity index (χ2n) is 4.24. The lowest BCUT2D eigenvalue weighted by atomic mass is 10.2. The van der Waals surface area contributed by atoms with Crippen LogP contribution in [0.3, 0.4) is 0 Å². The summed E-state index contributed by atoms with van der Waals surface area (Å²) in [4.78, 5) is 22.8. The SMILES string of the molecule is CC(C)(C)OC(=O)N1CC(OC=O)C1. The molecule has 80 valence electrons. The number of rotatable bonds is 2. The van der Waals surface area contributed by atoms with Crippen molar-refractivity contribution in [3.8, 4) is 0 Å². The first-order valence-corrected chi connectivity index (χ1v) is 4.49. The molecule has 5 nitrogen and oxygen atoms in total. The first kappa shape index (κ1) is 10.8. The van der Waals surface area contributed by atoms with E-state index in [1.54, 1.807) is 0 Å². The number of nitrogens with zero attached hydrogens (tertiary/aromatic N) is 1. The molecule has 0 aliphatic carbocycles. The molecule has 0 saturated carbocycles. The molecule has 0 spiro atoms. The molecule has 1 fully saturated rings. The van der Waals surface area contributed by atoms with Gasteiger partial charge in [-0.25, -0.2) is 4.79 Å². The minimum atomic E-state index is -0.478. The van der Waals surface area contributed by atoms with E-state index in [0.717, 1.165) is 0 Å². The summed E-state index contributed by atoms with van der Waals surface area (Å²) < 4.78 is 9.77. The van der Waals surface area contributed by atoms with E-state index < -0.39 is 5.60 Å². The number of likely N-dealkylation sites (tertiary alicyclic amines) is 1. The topological polar surface area (TPSA) is 55.8 Å². The third-order valence-electron chi connectivity index (χ3n) is 1.75. The molecule has 1 rings (SSSR count). The molecule has 1 aliphatic heterocycles. The monoisotopic (exact) mass is 201 g/mol. The van der Waals surface area contributed by atoms with Crippen molar-refractivity contribution in [3.05, 3.63) is 0 Å². The predicted molar refractivity (Wildman–Crippen MR) is 48.7 cm³/mol. The normalized spacial score (nSPS) is 17.2. The van der Waals surface area contributed by atoms with Gasteiger partial charge in [-0.3, -0.25) is 4.79 Å². The summed E-state index contributed by atoms with van der Waals surface area (Å²) in [6, 6.07) is 0. The zero-order valence-corrected chi connectivity index (χ0v) is 8.65. The molecule has 14 heavy (non-hydrogen) atoms. The van der Waals surface area contributed by atoms with Crippen molar-refractivity contribution in [1.82, 2.24) is 4.90 Å². The van der Waals surface area contributed by atoms with Gasteiger partial charge in [0.1, 0.15) is 11.7 Å². The van der Waals surface area contributed by atoms with Gasteiger partial charge in [0.2, 0.25) is 0 Å². The minimum Gasteiger partial charge on any atom is -0.461 e. The van der Waals surface area contributed by atoms with Crippen LogP contribution in [0.5, 0.6) is 0 Å². The van der Waals surface area contributed by atoms with Crippen LogP contribution in [-0.2, 0) is 14.3 Å². The number of ether oxygens (including phenoxy) is 2. The number of carbonyl (C=O) groups excluding carboxylic acids is 2. The third-order valence-corrected chi connectivity index (χ3v) is 1.75. The largest absolute Gasteiger partial charge is 0.461 e. The second kappa shape index (κ2) is 3.86. The van der Waals surface area contributed by atoms with Crippen molar-refractivity contribution in [2.24, 2.45) is 0 Å². The van der Waals surface area contributed by atoms with Gasteiger partial charge >= 0.3 is 6.09 Å². The van der Waals surface area contributed by atoms with Crippen molar-refractivity contribution >= 4 is 12.6 Å². The summed E-state index contributed by atoms with van der Waals surface area (Å²) >= 11 is 0. The Morgan fingerprint density at radius 2 is 2.00 bits per heavy atom. The fraction of sp³-hybridized carbons (Fsp3) is 0.778. The Hall–Kier alpha value is -1.26. The van der Waals surface area contributed by atoms with Gasteiger partial charge in [0.15, 0.2) is 0 Å². The molecule has 0 aromatic heterocycles. The molecule has 0 unspecified atom stereocenters. The molecule has 0 radical (unpaired) electrons. The summed E-state index contributed by atoms with van der Waals surface area (Å²) in [5, 5.41) is 0. The average Bonchev–Trinajstić information content (AvgIpc) is 1.91. The maximum atomic E-state index is 11.4. The van der Waals surface area contributed by atoms with Crippen LogP contribution >= 0.6 is 0 Å². The van der Waals surface area contributed by atoms with Crippen LogP contribution in [0.25, 0.3) is 0 Å². The fourth-order valence-electron chi connectivity index (χ4n) is 1.08. The standard InChI is InChI=1S/C9H15NO4/c1-9(2,3)14-8(12)10-4-7(5-10)13-6-11/h6-7H,4-5H2,1-3H3. The summed E-state index contributed by atoms with van der Waals surface area (Å²) in [7, 11) is 0. The molecule has 1 heterocycles. The van der Waals surface area contributed by atoms with Gasteiger partial charge in [-0.05, 0) is 20.8 Å². The van der Waals surface area contributed by atoms with E-state index in [4.69, 9.17) is 4.74 Å². The second-order valence-corrected chi connectivity index (χ2v) is 4.24. The Balaban J connectivity index is 2.26. The number of hydrogen-bond acceptors (Lipinski definition) is 4. The quantitative estimate of drug-likeness (QED) is 0.619. The minimum absolute atomic E-state index is 0.167. The van der Waals surface area contributed by atoms with Crippen LogP contribution in [0.15, 0.2) is 0 Å². The van der Waals surface area contributed by atoms with Crippen molar-refractivity contribution < 1.29 is 19.1 Å². The molecule has 0 aromatic rings. The molecule has 1 aliphatic rings. The van der Waals surface area contributed by atoms with E-state index in [2.05, 4.69) is 4.74 Å². The summed E-state index contributed by atoms with van der Waals surface area (Å²) in [5.74, 6) is 0.